The van der Waals surface area contributed by atoms with Crippen molar-refractivity contribution < 1.29 is 28.6 Å². The molecule has 69 heavy (non-hydrogen) atoms. The Morgan fingerprint density at radius 3 is 0.841 bits per heavy atom. The Morgan fingerprint density at radius 1 is 0.290 bits per heavy atom. The van der Waals surface area contributed by atoms with E-state index >= 15 is 0 Å². The number of esters is 3. The van der Waals surface area contributed by atoms with E-state index in [0.29, 0.717) is 19.3 Å². The molecular formula is C63H112O6. The van der Waals surface area contributed by atoms with Gasteiger partial charge >= 0.3 is 17.9 Å². The Balaban J connectivity index is 4.39. The second-order valence-electron chi connectivity index (χ2n) is 19.9. The van der Waals surface area contributed by atoms with E-state index in [1.165, 1.54) is 180 Å². The van der Waals surface area contributed by atoms with Gasteiger partial charge in [-0.2, -0.15) is 0 Å². The molecule has 0 radical (unpaired) electrons. The monoisotopic (exact) mass is 965 g/mol. The second kappa shape index (κ2) is 57.7. The average molecular weight is 966 g/mol. The SMILES string of the molecule is CCCCC/C=C\C/C=C\CCCCCCCCCCCC(=O)O[C@H](COC(=O)CCCCCCC/C=C\C/C=C\CCCCC)COC(=O)CCCCCCCCC/C=C\CCCCCCCC. The van der Waals surface area contributed by atoms with Gasteiger partial charge in [-0.1, -0.05) is 236 Å². The summed E-state index contributed by atoms with van der Waals surface area (Å²) in [5, 5.41) is 0. The van der Waals surface area contributed by atoms with E-state index in [9.17, 15) is 14.4 Å². The topological polar surface area (TPSA) is 78.9 Å². The number of ether oxygens (including phenoxy) is 3. The van der Waals surface area contributed by atoms with Crippen LogP contribution in [0, 0.1) is 0 Å². The molecule has 0 N–H and O–H groups in total. The largest absolute Gasteiger partial charge is 0.462 e. The summed E-state index contributed by atoms with van der Waals surface area (Å²) >= 11 is 0. The maximum atomic E-state index is 12.9. The van der Waals surface area contributed by atoms with Crippen LogP contribution in [0.25, 0.3) is 0 Å². The lowest BCUT2D eigenvalue weighted by atomic mass is 10.1. The molecule has 0 aromatic heterocycles. The fourth-order valence-corrected chi connectivity index (χ4v) is 8.44. The number of carbonyl (C=O) groups excluding carboxylic acids is 3. The first-order valence-corrected chi connectivity index (χ1v) is 29.8. The Labute approximate surface area is 428 Å². The van der Waals surface area contributed by atoms with Crippen molar-refractivity contribution in [1.29, 1.82) is 0 Å². The van der Waals surface area contributed by atoms with Crippen LogP contribution < -0.4 is 0 Å². The Kier molecular flexibility index (Phi) is 55.3. The smallest absolute Gasteiger partial charge is 0.306 e. The summed E-state index contributed by atoms with van der Waals surface area (Å²) < 4.78 is 16.9. The van der Waals surface area contributed by atoms with Crippen LogP contribution in [0.3, 0.4) is 0 Å². The van der Waals surface area contributed by atoms with E-state index in [1.54, 1.807) is 0 Å². The third-order valence-electron chi connectivity index (χ3n) is 13.0. The lowest BCUT2D eigenvalue weighted by Gasteiger charge is -2.18. The number of rotatable bonds is 54. The molecule has 400 valence electrons. The van der Waals surface area contributed by atoms with Crippen molar-refractivity contribution in [3.05, 3.63) is 60.8 Å². The van der Waals surface area contributed by atoms with Crippen LogP contribution in [-0.4, -0.2) is 37.2 Å². The minimum absolute atomic E-state index is 0.0816. The highest BCUT2D eigenvalue weighted by molar-refractivity contribution is 5.71. The van der Waals surface area contributed by atoms with Gasteiger partial charge in [-0.15, -0.1) is 0 Å². The first-order valence-electron chi connectivity index (χ1n) is 29.8. The molecule has 0 aliphatic carbocycles. The normalized spacial score (nSPS) is 12.4. The second-order valence-corrected chi connectivity index (χ2v) is 19.9. The Hall–Kier alpha value is -2.89. The van der Waals surface area contributed by atoms with Crippen LogP contribution in [0.5, 0.6) is 0 Å². The highest BCUT2D eigenvalue weighted by Gasteiger charge is 2.19. The molecule has 0 bridgehead atoms. The highest BCUT2D eigenvalue weighted by atomic mass is 16.6. The molecule has 0 aromatic carbocycles. The van der Waals surface area contributed by atoms with Crippen LogP contribution in [-0.2, 0) is 28.6 Å². The predicted octanol–water partition coefficient (Wildman–Crippen LogP) is 20.0. The van der Waals surface area contributed by atoms with E-state index in [2.05, 4.69) is 81.5 Å². The van der Waals surface area contributed by atoms with Crippen molar-refractivity contribution >= 4 is 17.9 Å². The maximum absolute atomic E-state index is 12.9. The van der Waals surface area contributed by atoms with E-state index in [4.69, 9.17) is 14.2 Å². The van der Waals surface area contributed by atoms with Crippen LogP contribution in [0.2, 0.25) is 0 Å². The van der Waals surface area contributed by atoms with Gasteiger partial charge in [0, 0.05) is 19.3 Å². The third kappa shape index (κ3) is 55.9. The van der Waals surface area contributed by atoms with Gasteiger partial charge in [-0.05, 0) is 109 Å². The number of hydrogen-bond acceptors (Lipinski definition) is 6. The van der Waals surface area contributed by atoms with Gasteiger partial charge < -0.3 is 14.2 Å². The quantitative estimate of drug-likeness (QED) is 0.0262. The van der Waals surface area contributed by atoms with E-state index in [1.807, 2.05) is 0 Å². The Morgan fingerprint density at radius 2 is 0.522 bits per heavy atom. The summed E-state index contributed by atoms with van der Waals surface area (Å²) in [6.45, 7) is 6.60. The molecule has 6 heteroatoms. The first kappa shape index (κ1) is 66.1. The van der Waals surface area contributed by atoms with Crippen LogP contribution in [0.4, 0.5) is 0 Å². The minimum atomic E-state index is -0.784. The van der Waals surface area contributed by atoms with Crippen LogP contribution in [0.1, 0.15) is 303 Å². The van der Waals surface area contributed by atoms with E-state index in [0.717, 1.165) is 83.5 Å². The Bertz CT molecular complexity index is 1250. The van der Waals surface area contributed by atoms with Crippen LogP contribution in [0.15, 0.2) is 60.8 Å². The fourth-order valence-electron chi connectivity index (χ4n) is 8.44. The summed E-state index contributed by atoms with van der Waals surface area (Å²) in [5.41, 5.74) is 0. The summed E-state index contributed by atoms with van der Waals surface area (Å²) in [6.07, 6.45) is 72.0. The van der Waals surface area contributed by atoms with Crippen molar-refractivity contribution in [2.75, 3.05) is 13.2 Å². The standard InChI is InChI=1S/C63H112O6/c1-4-7-10-13-16-19-22-25-28-30-31-33-36-39-42-45-48-51-54-57-63(66)69-60(58-67-61(64)55-52-49-46-43-40-37-34-27-24-21-18-15-12-9-6-3)59-68-62(65)56-53-50-47-44-41-38-35-32-29-26-23-20-17-14-11-8-5-2/h16,18-19,21,25-29,34,60H,4-15,17,20,22-24,30-33,35-59H2,1-3H3/b19-16-,21-18-,28-25-,29-26-,34-27-/t60-/m1/s1. The molecule has 0 aromatic rings. The molecule has 0 rings (SSSR count). The number of unbranched alkanes of at least 4 members (excludes halogenated alkanes) is 33. The number of hydrogen-bond donors (Lipinski definition) is 0. The first-order chi connectivity index (χ1) is 34.0. The number of allylic oxidation sites excluding steroid dienone is 10. The zero-order chi connectivity index (χ0) is 50.0. The van der Waals surface area contributed by atoms with Gasteiger partial charge in [-0.3, -0.25) is 14.4 Å². The molecule has 6 nitrogen and oxygen atoms in total. The van der Waals surface area contributed by atoms with Gasteiger partial charge in [0.25, 0.3) is 0 Å². The van der Waals surface area contributed by atoms with Gasteiger partial charge in [0.1, 0.15) is 13.2 Å². The van der Waals surface area contributed by atoms with Gasteiger partial charge in [0.15, 0.2) is 6.10 Å². The average Bonchev–Trinajstić information content (AvgIpc) is 3.35. The minimum Gasteiger partial charge on any atom is -0.462 e. The van der Waals surface area contributed by atoms with Crippen molar-refractivity contribution in [2.24, 2.45) is 0 Å². The maximum Gasteiger partial charge on any atom is 0.306 e. The number of carbonyl (C=O) groups is 3. The van der Waals surface area contributed by atoms with Crippen molar-refractivity contribution in [1.82, 2.24) is 0 Å². The van der Waals surface area contributed by atoms with Crippen molar-refractivity contribution in [3.8, 4) is 0 Å². The molecule has 0 heterocycles. The highest BCUT2D eigenvalue weighted by Crippen LogP contribution is 2.15. The molecule has 0 saturated heterocycles. The summed E-state index contributed by atoms with van der Waals surface area (Å²) in [6, 6.07) is 0. The fraction of sp³-hybridized carbons (Fsp3) is 0.794. The molecular weight excluding hydrogens is 853 g/mol. The molecule has 1 atom stereocenters. The predicted molar refractivity (Wildman–Crippen MR) is 298 cm³/mol. The zero-order valence-electron chi connectivity index (χ0n) is 45.8. The zero-order valence-corrected chi connectivity index (χ0v) is 45.8. The molecule has 0 aliphatic rings. The lowest BCUT2D eigenvalue weighted by Crippen LogP contribution is -2.30. The molecule has 0 saturated carbocycles. The van der Waals surface area contributed by atoms with Crippen LogP contribution >= 0.6 is 0 Å². The molecule has 0 spiro atoms. The third-order valence-corrected chi connectivity index (χ3v) is 13.0. The molecule has 0 fully saturated rings. The van der Waals surface area contributed by atoms with Gasteiger partial charge in [0.2, 0.25) is 0 Å². The van der Waals surface area contributed by atoms with E-state index in [-0.39, 0.29) is 31.1 Å². The van der Waals surface area contributed by atoms with Crippen molar-refractivity contribution in [2.45, 2.75) is 309 Å². The molecule has 0 aliphatic heterocycles. The van der Waals surface area contributed by atoms with Gasteiger partial charge in [-0.25, -0.2) is 0 Å². The lowest BCUT2D eigenvalue weighted by molar-refractivity contribution is -0.167. The molecule has 0 amide bonds. The summed E-state index contributed by atoms with van der Waals surface area (Å²) in [5.74, 6) is -0.892. The summed E-state index contributed by atoms with van der Waals surface area (Å²) in [4.78, 5) is 38.2. The van der Waals surface area contributed by atoms with Gasteiger partial charge in [0.05, 0.1) is 0 Å². The van der Waals surface area contributed by atoms with Crippen molar-refractivity contribution in [3.63, 3.8) is 0 Å². The molecule has 0 unspecified atom stereocenters. The summed E-state index contributed by atoms with van der Waals surface area (Å²) in [7, 11) is 0. The van der Waals surface area contributed by atoms with E-state index < -0.39 is 6.10 Å².